The maximum Gasteiger partial charge on any atom is 0.157 e. The molecule has 0 bridgehead atoms. The average molecular weight is 268 g/mol. The fourth-order valence-electron chi connectivity index (χ4n) is 3.33. The van der Waals surface area contributed by atoms with Crippen LogP contribution in [0.25, 0.3) is 0 Å². The molecular formula is C14H24N2OS. The van der Waals surface area contributed by atoms with Crippen molar-refractivity contribution >= 4 is 16.9 Å². The number of amidine groups is 1. The van der Waals surface area contributed by atoms with Crippen LogP contribution in [0.15, 0.2) is 4.99 Å². The minimum Gasteiger partial charge on any atom is -0.378 e. The Hall–Kier alpha value is -0.220. The fourth-order valence-corrected chi connectivity index (χ4v) is 4.62. The normalized spacial score (nSPS) is 37.9. The molecule has 3 rings (SSSR count). The van der Waals surface area contributed by atoms with Crippen LogP contribution in [-0.4, -0.2) is 35.2 Å². The molecule has 2 atom stereocenters. The molecule has 2 unspecified atom stereocenters. The maximum absolute atomic E-state index is 5.59. The number of hydrogen-bond acceptors (Lipinski definition) is 3. The van der Waals surface area contributed by atoms with Crippen molar-refractivity contribution in [3.63, 3.8) is 0 Å². The van der Waals surface area contributed by atoms with Gasteiger partial charge in [-0.1, -0.05) is 31.0 Å². The molecule has 18 heavy (non-hydrogen) atoms. The van der Waals surface area contributed by atoms with Crippen molar-refractivity contribution in [2.75, 3.05) is 12.4 Å². The van der Waals surface area contributed by atoms with E-state index in [9.17, 15) is 0 Å². The summed E-state index contributed by atoms with van der Waals surface area (Å²) in [6, 6.07) is 0.475. The number of nitrogens with one attached hydrogen (secondary N) is 1. The van der Waals surface area contributed by atoms with Gasteiger partial charge in [-0.25, -0.2) is 0 Å². The van der Waals surface area contributed by atoms with Crippen LogP contribution in [0.4, 0.5) is 0 Å². The minimum absolute atomic E-state index is 0.378. The van der Waals surface area contributed by atoms with Gasteiger partial charge in [-0.3, -0.25) is 4.99 Å². The molecular weight excluding hydrogens is 244 g/mol. The second kappa shape index (κ2) is 5.41. The molecule has 0 radical (unpaired) electrons. The second-order valence-corrected chi connectivity index (χ2v) is 7.01. The molecule has 1 spiro atoms. The number of ether oxygens (including phenoxy) is 1. The van der Waals surface area contributed by atoms with E-state index in [4.69, 9.17) is 9.73 Å². The van der Waals surface area contributed by atoms with Crippen LogP contribution in [0.3, 0.4) is 0 Å². The van der Waals surface area contributed by atoms with Crippen molar-refractivity contribution in [1.82, 2.24) is 5.32 Å². The number of aliphatic imine (C=N–C) groups is 1. The predicted molar refractivity (Wildman–Crippen MR) is 77.3 cm³/mol. The Morgan fingerprint density at radius 2 is 2.17 bits per heavy atom. The highest BCUT2D eigenvalue weighted by Crippen LogP contribution is 2.36. The Bertz CT molecular complexity index is 326. The highest BCUT2D eigenvalue weighted by atomic mass is 32.2. The van der Waals surface area contributed by atoms with Gasteiger partial charge in [0.2, 0.25) is 0 Å². The van der Waals surface area contributed by atoms with Gasteiger partial charge in [0.15, 0.2) is 5.17 Å². The molecule has 0 amide bonds. The lowest BCUT2D eigenvalue weighted by Gasteiger charge is -2.33. The topological polar surface area (TPSA) is 33.6 Å². The van der Waals surface area contributed by atoms with Crippen LogP contribution in [0.5, 0.6) is 0 Å². The SMILES string of the molecule is CC1CC(N=C2NC3(CCCCC3)CS2)CCO1. The summed E-state index contributed by atoms with van der Waals surface area (Å²) in [4.78, 5) is 4.92. The van der Waals surface area contributed by atoms with E-state index in [-0.39, 0.29) is 0 Å². The smallest absolute Gasteiger partial charge is 0.157 e. The quantitative estimate of drug-likeness (QED) is 0.794. The summed E-state index contributed by atoms with van der Waals surface area (Å²) < 4.78 is 5.59. The standard InChI is InChI=1S/C14H24N2OS/c1-11-9-12(5-8-17-11)15-13-16-14(10-18-13)6-3-2-4-7-14/h11-12H,2-10H2,1H3,(H,15,16). The molecule has 2 saturated heterocycles. The molecule has 4 heteroatoms. The third-order valence-electron chi connectivity index (χ3n) is 4.43. The molecule has 2 aliphatic heterocycles. The molecule has 2 heterocycles. The van der Waals surface area contributed by atoms with E-state index >= 15 is 0 Å². The highest BCUT2D eigenvalue weighted by molar-refractivity contribution is 8.14. The summed E-state index contributed by atoms with van der Waals surface area (Å²) in [6.07, 6.45) is 9.40. The number of nitrogens with zero attached hydrogens (tertiary/aromatic N) is 1. The first-order valence-electron chi connectivity index (χ1n) is 7.36. The zero-order chi connectivity index (χ0) is 12.4. The molecule has 1 aliphatic carbocycles. The Morgan fingerprint density at radius 1 is 1.33 bits per heavy atom. The van der Waals surface area contributed by atoms with Gasteiger partial charge in [-0.2, -0.15) is 0 Å². The number of thioether (sulfide) groups is 1. The Labute approximate surface area is 114 Å². The van der Waals surface area contributed by atoms with Gasteiger partial charge in [-0.05, 0) is 32.6 Å². The number of rotatable bonds is 1. The first-order chi connectivity index (χ1) is 8.76. The third-order valence-corrected chi connectivity index (χ3v) is 5.60. The van der Waals surface area contributed by atoms with Crippen LogP contribution in [0, 0.1) is 0 Å². The lowest BCUT2D eigenvalue weighted by Crippen LogP contribution is -2.45. The molecule has 102 valence electrons. The van der Waals surface area contributed by atoms with Crippen molar-refractivity contribution < 1.29 is 4.74 Å². The van der Waals surface area contributed by atoms with Gasteiger partial charge < -0.3 is 10.1 Å². The summed E-state index contributed by atoms with van der Waals surface area (Å²) >= 11 is 1.94. The molecule has 0 aromatic rings. The highest BCUT2D eigenvalue weighted by Gasteiger charge is 2.38. The van der Waals surface area contributed by atoms with E-state index in [1.807, 2.05) is 11.8 Å². The Kier molecular flexibility index (Phi) is 3.85. The van der Waals surface area contributed by atoms with E-state index in [1.165, 1.54) is 43.0 Å². The molecule has 0 aromatic heterocycles. The Balaban J connectivity index is 1.60. The summed E-state index contributed by atoms with van der Waals surface area (Å²) in [5, 5.41) is 4.95. The van der Waals surface area contributed by atoms with Gasteiger partial charge in [0.25, 0.3) is 0 Å². The average Bonchev–Trinajstić information content (AvgIpc) is 2.73. The van der Waals surface area contributed by atoms with E-state index < -0.39 is 0 Å². The first kappa shape index (κ1) is 12.8. The van der Waals surface area contributed by atoms with Crippen molar-refractivity contribution in [2.45, 2.75) is 69.6 Å². The molecule has 1 N–H and O–H groups in total. The van der Waals surface area contributed by atoms with Gasteiger partial charge in [0.1, 0.15) is 0 Å². The molecule has 1 saturated carbocycles. The summed E-state index contributed by atoms with van der Waals surface area (Å²) in [5.74, 6) is 1.23. The van der Waals surface area contributed by atoms with Crippen LogP contribution in [0.1, 0.15) is 51.9 Å². The van der Waals surface area contributed by atoms with Crippen molar-refractivity contribution in [3.8, 4) is 0 Å². The Morgan fingerprint density at radius 3 is 2.94 bits per heavy atom. The van der Waals surface area contributed by atoms with Crippen LogP contribution >= 0.6 is 11.8 Å². The second-order valence-electron chi connectivity index (χ2n) is 6.05. The lowest BCUT2D eigenvalue weighted by molar-refractivity contribution is 0.0204. The van der Waals surface area contributed by atoms with E-state index in [1.54, 1.807) is 0 Å². The molecule has 3 fully saturated rings. The van der Waals surface area contributed by atoms with Gasteiger partial charge >= 0.3 is 0 Å². The van der Waals surface area contributed by atoms with E-state index in [0.29, 0.717) is 17.7 Å². The maximum atomic E-state index is 5.59. The van der Waals surface area contributed by atoms with Crippen LogP contribution < -0.4 is 5.32 Å². The zero-order valence-corrected chi connectivity index (χ0v) is 12.1. The van der Waals surface area contributed by atoms with E-state index in [0.717, 1.165) is 19.4 Å². The molecule has 3 aliphatic rings. The van der Waals surface area contributed by atoms with Crippen molar-refractivity contribution in [3.05, 3.63) is 0 Å². The van der Waals surface area contributed by atoms with Gasteiger partial charge in [0, 0.05) is 17.9 Å². The van der Waals surface area contributed by atoms with Crippen molar-refractivity contribution in [2.24, 2.45) is 4.99 Å². The molecule has 3 nitrogen and oxygen atoms in total. The fraction of sp³-hybridized carbons (Fsp3) is 0.929. The van der Waals surface area contributed by atoms with Gasteiger partial charge in [0.05, 0.1) is 12.1 Å². The van der Waals surface area contributed by atoms with Crippen molar-refractivity contribution in [1.29, 1.82) is 0 Å². The lowest BCUT2D eigenvalue weighted by atomic mass is 9.83. The summed E-state index contributed by atoms with van der Waals surface area (Å²) in [5.41, 5.74) is 0.387. The predicted octanol–water partition coefficient (Wildman–Crippen LogP) is 2.95. The monoisotopic (exact) mass is 268 g/mol. The largest absolute Gasteiger partial charge is 0.378 e. The summed E-state index contributed by atoms with van der Waals surface area (Å²) in [7, 11) is 0. The van der Waals surface area contributed by atoms with Gasteiger partial charge in [-0.15, -0.1) is 0 Å². The van der Waals surface area contributed by atoms with E-state index in [2.05, 4.69) is 12.2 Å². The first-order valence-corrected chi connectivity index (χ1v) is 8.35. The summed E-state index contributed by atoms with van der Waals surface area (Å²) in [6.45, 7) is 3.03. The zero-order valence-electron chi connectivity index (χ0n) is 11.3. The third kappa shape index (κ3) is 2.85. The van der Waals surface area contributed by atoms with Crippen LogP contribution in [-0.2, 0) is 4.74 Å². The van der Waals surface area contributed by atoms with Crippen LogP contribution in [0.2, 0.25) is 0 Å². The number of hydrogen-bond donors (Lipinski definition) is 1. The molecule has 0 aromatic carbocycles. The minimum atomic E-state index is 0.378.